The fraction of sp³-hybridized carbons (Fsp3) is 0.200. The van der Waals surface area contributed by atoms with Gasteiger partial charge in [0, 0.05) is 5.56 Å². The zero-order valence-electron chi connectivity index (χ0n) is 10.1. The summed E-state index contributed by atoms with van der Waals surface area (Å²) in [7, 11) is 0. The maximum atomic E-state index is 5.56. The molecule has 0 amide bonds. The van der Waals surface area contributed by atoms with Crippen molar-refractivity contribution < 1.29 is 9.15 Å². The predicted molar refractivity (Wildman–Crippen MR) is 69.6 cm³/mol. The van der Waals surface area contributed by atoms with E-state index in [2.05, 4.69) is 11.8 Å². The fourth-order valence-electron chi connectivity index (χ4n) is 1.56. The molecule has 18 heavy (non-hydrogen) atoms. The van der Waals surface area contributed by atoms with Crippen LogP contribution in [-0.2, 0) is 18.0 Å². The summed E-state index contributed by atoms with van der Waals surface area (Å²) in [6, 6.07) is 11.7. The number of hydrogen-bond donors (Lipinski definition) is 1. The van der Waals surface area contributed by atoms with Crippen molar-refractivity contribution in [1.82, 2.24) is 0 Å². The Hall–Kier alpha value is -2.02. The predicted octanol–water partition coefficient (Wildman–Crippen LogP) is 2.31. The standard InChI is InChI=1S/C15H15NO2/c16-8-2-6-13-4-1-5-14(10-13)11-17-12-15-7-3-9-18-15/h1,3-5,7,9-10H,8,11-12,16H2. The van der Waals surface area contributed by atoms with Gasteiger partial charge in [-0.3, -0.25) is 0 Å². The molecule has 0 saturated carbocycles. The molecule has 1 aromatic carbocycles. The summed E-state index contributed by atoms with van der Waals surface area (Å²) in [5.74, 6) is 6.66. The molecule has 0 unspecified atom stereocenters. The average Bonchev–Trinajstić information content (AvgIpc) is 2.90. The zero-order chi connectivity index (χ0) is 12.6. The van der Waals surface area contributed by atoms with Crippen LogP contribution in [0.4, 0.5) is 0 Å². The van der Waals surface area contributed by atoms with E-state index in [4.69, 9.17) is 14.9 Å². The molecule has 3 nitrogen and oxygen atoms in total. The highest BCUT2D eigenvalue weighted by Gasteiger charge is 1.97. The second-order valence-corrected chi connectivity index (χ2v) is 3.78. The minimum absolute atomic E-state index is 0.374. The summed E-state index contributed by atoms with van der Waals surface area (Å²) in [4.78, 5) is 0. The Kier molecular flexibility index (Phi) is 4.60. The van der Waals surface area contributed by atoms with Gasteiger partial charge in [-0.15, -0.1) is 0 Å². The molecule has 0 aliphatic carbocycles. The van der Waals surface area contributed by atoms with Crippen molar-refractivity contribution in [3.63, 3.8) is 0 Å². The third kappa shape index (κ3) is 3.77. The van der Waals surface area contributed by atoms with E-state index in [1.54, 1.807) is 6.26 Å². The second kappa shape index (κ2) is 6.65. The molecule has 0 saturated heterocycles. The number of rotatable bonds is 4. The highest BCUT2D eigenvalue weighted by molar-refractivity contribution is 5.37. The minimum atomic E-state index is 0.374. The van der Waals surface area contributed by atoms with Gasteiger partial charge in [-0.05, 0) is 29.8 Å². The van der Waals surface area contributed by atoms with Gasteiger partial charge in [-0.25, -0.2) is 0 Å². The van der Waals surface area contributed by atoms with Crippen LogP contribution in [0.25, 0.3) is 0 Å². The van der Waals surface area contributed by atoms with Gasteiger partial charge in [0.1, 0.15) is 12.4 Å². The molecule has 0 spiro atoms. The van der Waals surface area contributed by atoms with Crippen molar-refractivity contribution in [1.29, 1.82) is 0 Å². The topological polar surface area (TPSA) is 48.4 Å². The molecule has 1 aromatic heterocycles. The fourth-order valence-corrected chi connectivity index (χ4v) is 1.56. The van der Waals surface area contributed by atoms with Crippen LogP contribution < -0.4 is 5.73 Å². The van der Waals surface area contributed by atoms with Crippen LogP contribution in [0.5, 0.6) is 0 Å². The monoisotopic (exact) mass is 241 g/mol. The second-order valence-electron chi connectivity index (χ2n) is 3.78. The smallest absolute Gasteiger partial charge is 0.129 e. The molecule has 0 atom stereocenters. The molecule has 0 fully saturated rings. The van der Waals surface area contributed by atoms with Crippen molar-refractivity contribution in [3.8, 4) is 11.8 Å². The zero-order valence-corrected chi connectivity index (χ0v) is 10.1. The first-order valence-electron chi connectivity index (χ1n) is 5.76. The number of ether oxygens (including phenoxy) is 1. The van der Waals surface area contributed by atoms with Gasteiger partial charge in [0.15, 0.2) is 0 Å². The van der Waals surface area contributed by atoms with Crippen molar-refractivity contribution in [3.05, 3.63) is 59.5 Å². The summed E-state index contributed by atoms with van der Waals surface area (Å²) in [6.07, 6.45) is 1.64. The Bertz CT molecular complexity index is 535. The molecular formula is C15H15NO2. The van der Waals surface area contributed by atoms with Crippen LogP contribution in [0.1, 0.15) is 16.9 Å². The van der Waals surface area contributed by atoms with Crippen molar-refractivity contribution >= 4 is 0 Å². The minimum Gasteiger partial charge on any atom is -0.467 e. The van der Waals surface area contributed by atoms with Gasteiger partial charge < -0.3 is 14.9 Å². The van der Waals surface area contributed by atoms with Crippen LogP contribution in [-0.4, -0.2) is 6.54 Å². The van der Waals surface area contributed by atoms with E-state index in [0.717, 1.165) is 16.9 Å². The lowest BCUT2D eigenvalue weighted by molar-refractivity contribution is 0.0929. The Morgan fingerprint density at radius 1 is 1.17 bits per heavy atom. The molecule has 3 heteroatoms. The summed E-state index contributed by atoms with van der Waals surface area (Å²) in [5, 5.41) is 0. The first-order valence-corrected chi connectivity index (χ1v) is 5.76. The summed E-state index contributed by atoms with van der Waals surface area (Å²) in [6.45, 7) is 1.39. The van der Waals surface area contributed by atoms with Crippen LogP contribution in [0.3, 0.4) is 0 Å². The quantitative estimate of drug-likeness (QED) is 0.836. The van der Waals surface area contributed by atoms with Crippen LogP contribution in [0.15, 0.2) is 47.1 Å². The van der Waals surface area contributed by atoms with Gasteiger partial charge >= 0.3 is 0 Å². The van der Waals surface area contributed by atoms with E-state index < -0.39 is 0 Å². The summed E-state index contributed by atoms with van der Waals surface area (Å²) < 4.78 is 10.7. The van der Waals surface area contributed by atoms with Crippen molar-refractivity contribution in [2.45, 2.75) is 13.2 Å². The Morgan fingerprint density at radius 3 is 2.89 bits per heavy atom. The van der Waals surface area contributed by atoms with E-state index in [9.17, 15) is 0 Å². The number of hydrogen-bond acceptors (Lipinski definition) is 3. The lowest BCUT2D eigenvalue weighted by atomic mass is 10.1. The van der Waals surface area contributed by atoms with E-state index in [1.165, 1.54) is 0 Å². The van der Waals surface area contributed by atoms with E-state index in [1.807, 2.05) is 36.4 Å². The largest absolute Gasteiger partial charge is 0.467 e. The Balaban J connectivity index is 1.89. The lowest BCUT2D eigenvalue weighted by Gasteiger charge is -2.03. The third-order valence-corrected chi connectivity index (χ3v) is 2.35. The average molecular weight is 241 g/mol. The van der Waals surface area contributed by atoms with Gasteiger partial charge in [0.2, 0.25) is 0 Å². The normalized spacial score (nSPS) is 9.83. The number of nitrogens with two attached hydrogens (primary N) is 1. The van der Waals surface area contributed by atoms with Crippen LogP contribution in [0, 0.1) is 11.8 Å². The highest BCUT2D eigenvalue weighted by Crippen LogP contribution is 2.08. The van der Waals surface area contributed by atoms with E-state index in [-0.39, 0.29) is 0 Å². The summed E-state index contributed by atoms with van der Waals surface area (Å²) >= 11 is 0. The summed E-state index contributed by atoms with van der Waals surface area (Å²) in [5.41, 5.74) is 7.39. The van der Waals surface area contributed by atoms with E-state index >= 15 is 0 Å². The molecule has 2 aromatic rings. The molecule has 0 aliphatic rings. The molecule has 0 radical (unpaired) electrons. The third-order valence-electron chi connectivity index (χ3n) is 2.35. The van der Waals surface area contributed by atoms with E-state index in [0.29, 0.717) is 19.8 Å². The van der Waals surface area contributed by atoms with Gasteiger partial charge in [-0.1, -0.05) is 24.0 Å². The lowest BCUT2D eigenvalue weighted by Crippen LogP contribution is -1.94. The van der Waals surface area contributed by atoms with Gasteiger partial charge in [0.25, 0.3) is 0 Å². The molecule has 1 heterocycles. The maximum absolute atomic E-state index is 5.56. The molecule has 0 bridgehead atoms. The molecular weight excluding hydrogens is 226 g/mol. The first kappa shape index (κ1) is 12.4. The maximum Gasteiger partial charge on any atom is 0.129 e. The van der Waals surface area contributed by atoms with Crippen molar-refractivity contribution in [2.24, 2.45) is 5.73 Å². The molecule has 2 rings (SSSR count). The Labute approximate surface area is 107 Å². The number of benzene rings is 1. The molecule has 2 N–H and O–H groups in total. The van der Waals surface area contributed by atoms with Gasteiger partial charge in [-0.2, -0.15) is 0 Å². The van der Waals surface area contributed by atoms with Gasteiger partial charge in [0.05, 0.1) is 19.4 Å². The van der Waals surface area contributed by atoms with Crippen LogP contribution >= 0.6 is 0 Å². The molecule has 92 valence electrons. The number of furan rings is 1. The Morgan fingerprint density at radius 2 is 2.11 bits per heavy atom. The van der Waals surface area contributed by atoms with Crippen LogP contribution in [0.2, 0.25) is 0 Å². The highest BCUT2D eigenvalue weighted by atomic mass is 16.5. The van der Waals surface area contributed by atoms with Crippen molar-refractivity contribution in [2.75, 3.05) is 6.54 Å². The molecule has 0 aliphatic heterocycles. The SMILES string of the molecule is NCC#Cc1cccc(COCc2ccco2)c1. The first-order chi connectivity index (χ1) is 8.88.